The lowest BCUT2D eigenvalue weighted by atomic mass is 10.3. The van der Waals surface area contributed by atoms with E-state index < -0.39 is 0 Å². The molecule has 0 saturated carbocycles. The summed E-state index contributed by atoms with van der Waals surface area (Å²) in [7, 11) is 0. The molecule has 0 fully saturated rings. The molecule has 0 radical (unpaired) electrons. The molecule has 2 N–H and O–H groups in total. The molecule has 4 nitrogen and oxygen atoms in total. The number of nitrogen functional groups attached to an aromatic ring is 1. The minimum absolute atomic E-state index is 0.788. The van der Waals surface area contributed by atoms with E-state index in [1.165, 1.54) is 0 Å². The smallest absolute Gasteiger partial charge is 0.126 e. The Labute approximate surface area is 76.4 Å². The molecule has 2 rings (SSSR count). The van der Waals surface area contributed by atoms with Crippen molar-refractivity contribution in [2.24, 2.45) is 0 Å². The molecule has 0 saturated heterocycles. The highest BCUT2D eigenvalue weighted by molar-refractivity contribution is 5.79. The van der Waals surface area contributed by atoms with E-state index in [0.717, 1.165) is 28.2 Å². The SMILES string of the molecule is Cc1nc(C)c2c(cc(C)n2N)n1. The number of hydrogen-bond acceptors (Lipinski definition) is 3. The van der Waals surface area contributed by atoms with Crippen molar-refractivity contribution in [3.05, 3.63) is 23.3 Å². The maximum Gasteiger partial charge on any atom is 0.126 e. The van der Waals surface area contributed by atoms with Crippen molar-refractivity contribution in [3.63, 3.8) is 0 Å². The van der Waals surface area contributed by atoms with Crippen LogP contribution in [0.4, 0.5) is 0 Å². The third kappa shape index (κ3) is 1.06. The summed E-state index contributed by atoms with van der Waals surface area (Å²) in [6, 6.07) is 1.97. The molecule has 2 aromatic rings. The van der Waals surface area contributed by atoms with Crippen LogP contribution in [0.15, 0.2) is 6.07 Å². The lowest BCUT2D eigenvalue weighted by Crippen LogP contribution is -2.10. The Morgan fingerprint density at radius 1 is 1.23 bits per heavy atom. The third-order valence-electron chi connectivity index (χ3n) is 2.16. The summed E-state index contributed by atoms with van der Waals surface area (Å²) in [4.78, 5) is 8.57. The zero-order valence-electron chi connectivity index (χ0n) is 8.00. The molecule has 4 heteroatoms. The van der Waals surface area contributed by atoms with Gasteiger partial charge in [0.1, 0.15) is 11.3 Å². The van der Waals surface area contributed by atoms with Crippen LogP contribution in [0.2, 0.25) is 0 Å². The molecular weight excluding hydrogens is 164 g/mol. The summed E-state index contributed by atoms with van der Waals surface area (Å²) in [6.45, 7) is 5.78. The number of rotatable bonds is 0. The Kier molecular flexibility index (Phi) is 1.52. The first-order chi connectivity index (χ1) is 6.09. The van der Waals surface area contributed by atoms with Gasteiger partial charge in [-0.25, -0.2) is 9.97 Å². The topological polar surface area (TPSA) is 56.7 Å². The van der Waals surface area contributed by atoms with E-state index in [-0.39, 0.29) is 0 Å². The van der Waals surface area contributed by atoms with Crippen molar-refractivity contribution in [1.82, 2.24) is 14.6 Å². The quantitative estimate of drug-likeness (QED) is 0.611. The lowest BCUT2D eigenvalue weighted by molar-refractivity contribution is 0.970. The lowest BCUT2D eigenvalue weighted by Gasteiger charge is -2.01. The number of aromatic nitrogens is 3. The molecule has 68 valence electrons. The average Bonchev–Trinajstić information content (AvgIpc) is 2.27. The number of aryl methyl sites for hydroxylation is 3. The predicted octanol–water partition coefficient (Wildman–Crippen LogP) is 1.07. The van der Waals surface area contributed by atoms with Gasteiger partial charge in [-0.2, -0.15) is 0 Å². The van der Waals surface area contributed by atoms with E-state index >= 15 is 0 Å². The first-order valence-corrected chi connectivity index (χ1v) is 4.18. The van der Waals surface area contributed by atoms with Crippen molar-refractivity contribution in [1.29, 1.82) is 0 Å². The van der Waals surface area contributed by atoms with E-state index in [9.17, 15) is 0 Å². The van der Waals surface area contributed by atoms with Gasteiger partial charge in [0.2, 0.25) is 0 Å². The van der Waals surface area contributed by atoms with Gasteiger partial charge in [-0.1, -0.05) is 0 Å². The fourth-order valence-corrected chi connectivity index (χ4v) is 1.58. The Bertz CT molecular complexity index is 470. The first-order valence-electron chi connectivity index (χ1n) is 4.18. The molecule has 0 unspecified atom stereocenters. The van der Waals surface area contributed by atoms with Crippen molar-refractivity contribution in [2.75, 3.05) is 5.84 Å². The molecule has 0 aliphatic rings. The summed E-state index contributed by atoms with van der Waals surface area (Å²) in [5, 5.41) is 0. The zero-order valence-corrected chi connectivity index (χ0v) is 8.00. The Morgan fingerprint density at radius 2 is 1.92 bits per heavy atom. The molecule has 0 spiro atoms. The van der Waals surface area contributed by atoms with E-state index in [2.05, 4.69) is 9.97 Å². The Morgan fingerprint density at radius 3 is 2.62 bits per heavy atom. The molecule has 2 aromatic heterocycles. The third-order valence-corrected chi connectivity index (χ3v) is 2.16. The van der Waals surface area contributed by atoms with Gasteiger partial charge < -0.3 is 5.84 Å². The summed E-state index contributed by atoms with van der Waals surface area (Å²) in [5.41, 5.74) is 3.77. The van der Waals surface area contributed by atoms with Crippen molar-refractivity contribution in [2.45, 2.75) is 20.8 Å². The van der Waals surface area contributed by atoms with Crippen LogP contribution in [-0.4, -0.2) is 14.6 Å². The maximum absolute atomic E-state index is 5.83. The summed E-state index contributed by atoms with van der Waals surface area (Å²) in [6.07, 6.45) is 0. The second-order valence-electron chi connectivity index (χ2n) is 3.25. The minimum Gasteiger partial charge on any atom is -0.339 e. The van der Waals surface area contributed by atoms with Crippen LogP contribution in [0.3, 0.4) is 0 Å². The van der Waals surface area contributed by atoms with Crippen LogP contribution in [0, 0.1) is 20.8 Å². The zero-order chi connectivity index (χ0) is 9.59. The Hall–Kier alpha value is -1.58. The molecule has 0 atom stereocenters. The number of fused-ring (bicyclic) bond motifs is 1. The molecular formula is C9H12N4. The summed E-state index contributed by atoms with van der Waals surface area (Å²) in [5.74, 6) is 6.61. The van der Waals surface area contributed by atoms with Gasteiger partial charge >= 0.3 is 0 Å². The van der Waals surface area contributed by atoms with E-state index in [1.54, 1.807) is 4.68 Å². The molecule has 0 bridgehead atoms. The van der Waals surface area contributed by atoms with Gasteiger partial charge in [0, 0.05) is 5.69 Å². The second kappa shape index (κ2) is 2.45. The minimum atomic E-state index is 0.788. The number of hydrogen-bond donors (Lipinski definition) is 1. The van der Waals surface area contributed by atoms with E-state index in [4.69, 9.17) is 5.84 Å². The molecule has 0 aliphatic carbocycles. The second-order valence-corrected chi connectivity index (χ2v) is 3.25. The largest absolute Gasteiger partial charge is 0.339 e. The summed E-state index contributed by atoms with van der Waals surface area (Å²) < 4.78 is 1.63. The highest BCUT2D eigenvalue weighted by Crippen LogP contribution is 2.17. The average molecular weight is 176 g/mol. The van der Waals surface area contributed by atoms with Crippen LogP contribution in [0.5, 0.6) is 0 Å². The first kappa shape index (κ1) is 8.04. The monoisotopic (exact) mass is 176 g/mol. The molecule has 2 heterocycles. The maximum atomic E-state index is 5.83. The molecule has 13 heavy (non-hydrogen) atoms. The van der Waals surface area contributed by atoms with Gasteiger partial charge in [-0.05, 0) is 26.8 Å². The van der Waals surface area contributed by atoms with E-state index in [1.807, 2.05) is 26.8 Å². The number of nitrogens with zero attached hydrogens (tertiary/aromatic N) is 3. The van der Waals surface area contributed by atoms with Gasteiger partial charge in [-0.15, -0.1) is 0 Å². The van der Waals surface area contributed by atoms with Gasteiger partial charge in [0.25, 0.3) is 0 Å². The van der Waals surface area contributed by atoms with Crippen LogP contribution in [0.25, 0.3) is 11.0 Å². The normalized spacial score (nSPS) is 11.0. The Balaban J connectivity index is 2.94. The predicted molar refractivity (Wildman–Crippen MR) is 51.9 cm³/mol. The van der Waals surface area contributed by atoms with Crippen LogP contribution < -0.4 is 5.84 Å². The molecule has 0 aliphatic heterocycles. The van der Waals surface area contributed by atoms with E-state index in [0.29, 0.717) is 0 Å². The van der Waals surface area contributed by atoms with Gasteiger partial charge in [-0.3, -0.25) is 4.68 Å². The van der Waals surface area contributed by atoms with Gasteiger partial charge in [0.15, 0.2) is 0 Å². The fourth-order valence-electron chi connectivity index (χ4n) is 1.58. The van der Waals surface area contributed by atoms with Crippen molar-refractivity contribution >= 4 is 11.0 Å². The standard InChI is InChI=1S/C9H12N4/c1-5-4-8-9(13(5)10)6(2)11-7(3)12-8/h4H,10H2,1-3H3. The number of nitrogens with two attached hydrogens (primary N) is 1. The highest BCUT2D eigenvalue weighted by Gasteiger charge is 2.08. The molecule has 0 aromatic carbocycles. The van der Waals surface area contributed by atoms with Crippen molar-refractivity contribution < 1.29 is 0 Å². The summed E-state index contributed by atoms with van der Waals surface area (Å²) >= 11 is 0. The van der Waals surface area contributed by atoms with Crippen LogP contribution in [0.1, 0.15) is 17.2 Å². The van der Waals surface area contributed by atoms with Gasteiger partial charge in [0.05, 0.1) is 11.2 Å². The fraction of sp³-hybridized carbons (Fsp3) is 0.333. The van der Waals surface area contributed by atoms with Crippen LogP contribution >= 0.6 is 0 Å². The van der Waals surface area contributed by atoms with Crippen molar-refractivity contribution in [3.8, 4) is 0 Å². The van der Waals surface area contributed by atoms with Crippen LogP contribution in [-0.2, 0) is 0 Å². The molecule has 0 amide bonds. The highest BCUT2D eigenvalue weighted by atomic mass is 15.3.